The Morgan fingerprint density at radius 2 is 1.83 bits per heavy atom. The van der Waals surface area contributed by atoms with Crippen LogP contribution in [0.4, 0.5) is 5.69 Å². The first kappa shape index (κ1) is 19.3. The van der Waals surface area contributed by atoms with Gasteiger partial charge in [0.15, 0.2) is 0 Å². The van der Waals surface area contributed by atoms with Crippen molar-refractivity contribution in [1.82, 2.24) is 5.32 Å². The number of anilines is 1. The lowest BCUT2D eigenvalue weighted by atomic mass is 10.1. The molecular weight excluding hydrogens is 388 g/mol. The van der Waals surface area contributed by atoms with Crippen molar-refractivity contribution in [2.75, 3.05) is 29.8 Å². The van der Waals surface area contributed by atoms with E-state index in [1.807, 2.05) is 42.5 Å². The highest BCUT2D eigenvalue weighted by Gasteiger charge is 2.28. The van der Waals surface area contributed by atoms with Crippen LogP contribution in [-0.2, 0) is 10.0 Å². The third-order valence-electron chi connectivity index (χ3n) is 4.89. The van der Waals surface area contributed by atoms with Gasteiger partial charge in [-0.15, -0.1) is 0 Å². The van der Waals surface area contributed by atoms with Crippen molar-refractivity contribution in [1.29, 1.82) is 0 Å². The molecule has 150 valence electrons. The van der Waals surface area contributed by atoms with Crippen LogP contribution in [0.15, 0.2) is 66.7 Å². The zero-order chi connectivity index (χ0) is 20.3. The van der Waals surface area contributed by atoms with Crippen molar-refractivity contribution in [2.45, 2.75) is 6.42 Å². The van der Waals surface area contributed by atoms with E-state index >= 15 is 0 Å². The molecule has 1 aliphatic heterocycles. The molecule has 0 atom stereocenters. The maximum Gasteiger partial charge on any atom is 0.251 e. The summed E-state index contributed by atoms with van der Waals surface area (Å²) in [6.07, 6.45) is 0.601. The van der Waals surface area contributed by atoms with Gasteiger partial charge < -0.3 is 10.1 Å². The van der Waals surface area contributed by atoms with E-state index in [0.29, 0.717) is 37.4 Å². The van der Waals surface area contributed by atoms with Gasteiger partial charge in [0.05, 0.1) is 18.0 Å². The second-order valence-corrected chi connectivity index (χ2v) is 8.89. The summed E-state index contributed by atoms with van der Waals surface area (Å²) < 4.78 is 31.4. The predicted octanol–water partition coefficient (Wildman–Crippen LogP) is 3.19. The van der Waals surface area contributed by atoms with Gasteiger partial charge in [0.25, 0.3) is 5.91 Å². The lowest BCUT2D eigenvalue weighted by molar-refractivity contribution is 0.0947. The van der Waals surface area contributed by atoms with Gasteiger partial charge in [0.1, 0.15) is 12.4 Å². The molecule has 29 heavy (non-hydrogen) atoms. The molecule has 0 aromatic heterocycles. The molecule has 0 saturated carbocycles. The molecule has 1 fully saturated rings. The fourth-order valence-corrected chi connectivity index (χ4v) is 5.04. The van der Waals surface area contributed by atoms with Crippen molar-refractivity contribution in [2.24, 2.45) is 0 Å². The van der Waals surface area contributed by atoms with Crippen LogP contribution in [0.3, 0.4) is 0 Å². The van der Waals surface area contributed by atoms with E-state index in [9.17, 15) is 13.2 Å². The predicted molar refractivity (Wildman–Crippen MR) is 114 cm³/mol. The smallest absolute Gasteiger partial charge is 0.251 e. The van der Waals surface area contributed by atoms with Gasteiger partial charge in [-0.3, -0.25) is 9.10 Å². The van der Waals surface area contributed by atoms with Crippen LogP contribution in [0.5, 0.6) is 5.75 Å². The van der Waals surface area contributed by atoms with Crippen LogP contribution < -0.4 is 14.4 Å². The first-order valence-corrected chi connectivity index (χ1v) is 11.1. The first-order chi connectivity index (χ1) is 14.0. The summed E-state index contributed by atoms with van der Waals surface area (Å²) in [5.41, 5.74) is 0.955. The van der Waals surface area contributed by atoms with E-state index in [-0.39, 0.29) is 11.7 Å². The van der Waals surface area contributed by atoms with Gasteiger partial charge in [-0.1, -0.05) is 42.5 Å². The molecule has 0 bridgehead atoms. The van der Waals surface area contributed by atoms with Gasteiger partial charge in [-0.05, 0) is 36.1 Å². The monoisotopic (exact) mass is 410 g/mol. The van der Waals surface area contributed by atoms with Crippen LogP contribution >= 0.6 is 0 Å². The van der Waals surface area contributed by atoms with Crippen molar-refractivity contribution in [3.63, 3.8) is 0 Å². The Morgan fingerprint density at radius 3 is 2.66 bits per heavy atom. The summed E-state index contributed by atoms with van der Waals surface area (Å²) in [5, 5.41) is 4.95. The van der Waals surface area contributed by atoms with E-state index in [1.54, 1.807) is 24.3 Å². The minimum Gasteiger partial charge on any atom is -0.491 e. The van der Waals surface area contributed by atoms with Crippen LogP contribution in [0.1, 0.15) is 16.8 Å². The van der Waals surface area contributed by atoms with Crippen molar-refractivity contribution in [3.8, 4) is 5.75 Å². The number of carbonyl (C=O) groups excluding carboxylic acids is 1. The summed E-state index contributed by atoms with van der Waals surface area (Å²) in [6, 6.07) is 20.5. The molecule has 1 saturated heterocycles. The van der Waals surface area contributed by atoms with Gasteiger partial charge in [0, 0.05) is 17.5 Å². The normalized spacial score (nSPS) is 15.4. The number of nitrogens with one attached hydrogen (secondary N) is 1. The van der Waals surface area contributed by atoms with Crippen LogP contribution in [0.25, 0.3) is 10.8 Å². The highest BCUT2D eigenvalue weighted by molar-refractivity contribution is 7.93. The lowest BCUT2D eigenvalue weighted by Gasteiger charge is -2.17. The molecule has 1 aliphatic rings. The number of hydrogen-bond acceptors (Lipinski definition) is 4. The van der Waals surface area contributed by atoms with E-state index in [4.69, 9.17) is 4.74 Å². The molecule has 0 radical (unpaired) electrons. The van der Waals surface area contributed by atoms with Gasteiger partial charge in [-0.25, -0.2) is 8.42 Å². The fourth-order valence-electron chi connectivity index (χ4n) is 3.48. The SMILES string of the molecule is O=C(NCCOc1cccc2ccccc12)c1cccc(N2CCCS2(=O)=O)c1. The number of amides is 1. The molecule has 0 aliphatic carbocycles. The highest BCUT2D eigenvalue weighted by Crippen LogP contribution is 2.26. The minimum absolute atomic E-state index is 0.148. The van der Waals surface area contributed by atoms with E-state index < -0.39 is 10.0 Å². The molecule has 4 rings (SSSR count). The van der Waals surface area contributed by atoms with Crippen LogP contribution in [0.2, 0.25) is 0 Å². The standard InChI is InChI=1S/C22H22N2O4S/c25-22(18-8-3-9-19(16-18)24-13-5-15-29(24,26)27)23-12-14-28-21-11-4-7-17-6-1-2-10-20(17)21/h1-4,6-11,16H,5,12-15H2,(H,23,25). The molecule has 7 heteroatoms. The maximum atomic E-state index is 12.5. The zero-order valence-electron chi connectivity index (χ0n) is 15.9. The molecular formula is C22H22N2O4S. The maximum absolute atomic E-state index is 12.5. The number of benzene rings is 3. The van der Waals surface area contributed by atoms with Crippen molar-refractivity contribution >= 4 is 32.4 Å². The Labute approximate surface area is 170 Å². The summed E-state index contributed by atoms with van der Waals surface area (Å²) in [7, 11) is -3.27. The number of ether oxygens (including phenoxy) is 1. The second-order valence-electron chi connectivity index (χ2n) is 6.87. The zero-order valence-corrected chi connectivity index (χ0v) is 16.7. The lowest BCUT2D eigenvalue weighted by Crippen LogP contribution is -2.29. The summed E-state index contributed by atoms with van der Waals surface area (Å²) in [6.45, 7) is 1.13. The summed E-state index contributed by atoms with van der Waals surface area (Å²) in [4.78, 5) is 12.5. The third kappa shape index (κ3) is 4.19. The van der Waals surface area contributed by atoms with Crippen LogP contribution in [0, 0.1) is 0 Å². The molecule has 6 nitrogen and oxygen atoms in total. The fraction of sp³-hybridized carbons (Fsp3) is 0.227. The van der Waals surface area contributed by atoms with Crippen molar-refractivity contribution < 1.29 is 17.9 Å². The average molecular weight is 410 g/mol. The van der Waals surface area contributed by atoms with Gasteiger partial charge >= 0.3 is 0 Å². The van der Waals surface area contributed by atoms with Gasteiger partial charge in [0.2, 0.25) is 10.0 Å². The number of carbonyl (C=O) groups is 1. The molecule has 3 aromatic carbocycles. The highest BCUT2D eigenvalue weighted by atomic mass is 32.2. The minimum atomic E-state index is -3.27. The quantitative estimate of drug-likeness (QED) is 0.634. The van der Waals surface area contributed by atoms with Gasteiger partial charge in [-0.2, -0.15) is 0 Å². The number of rotatable bonds is 6. The molecule has 1 heterocycles. The number of sulfonamides is 1. The Kier molecular flexibility index (Phi) is 5.40. The Bertz CT molecular complexity index is 1140. The van der Waals surface area contributed by atoms with E-state index in [1.165, 1.54) is 4.31 Å². The molecule has 0 spiro atoms. The number of hydrogen-bond donors (Lipinski definition) is 1. The molecule has 1 N–H and O–H groups in total. The van der Waals surface area contributed by atoms with E-state index in [0.717, 1.165) is 16.5 Å². The largest absolute Gasteiger partial charge is 0.491 e. The summed E-state index contributed by atoms with van der Waals surface area (Å²) in [5.74, 6) is 0.665. The Balaban J connectivity index is 1.36. The Morgan fingerprint density at radius 1 is 1.03 bits per heavy atom. The molecule has 3 aromatic rings. The van der Waals surface area contributed by atoms with Crippen molar-refractivity contribution in [3.05, 3.63) is 72.3 Å². The topological polar surface area (TPSA) is 75.7 Å². The second kappa shape index (κ2) is 8.13. The molecule has 1 amide bonds. The first-order valence-electron chi connectivity index (χ1n) is 9.54. The number of fused-ring (bicyclic) bond motifs is 1. The average Bonchev–Trinajstić information content (AvgIpc) is 3.10. The summed E-state index contributed by atoms with van der Waals surface area (Å²) >= 11 is 0. The third-order valence-corrected chi connectivity index (χ3v) is 6.76. The van der Waals surface area contributed by atoms with E-state index in [2.05, 4.69) is 5.32 Å². The molecule has 0 unspecified atom stereocenters. The Hall–Kier alpha value is -3.06. The van der Waals surface area contributed by atoms with Crippen LogP contribution in [-0.4, -0.2) is 39.8 Å². The number of nitrogens with zero attached hydrogens (tertiary/aromatic N) is 1.